The van der Waals surface area contributed by atoms with Crippen molar-refractivity contribution in [2.75, 3.05) is 13.7 Å². The molecule has 0 spiro atoms. The van der Waals surface area contributed by atoms with Crippen molar-refractivity contribution >= 4 is 21.8 Å². The van der Waals surface area contributed by atoms with E-state index in [9.17, 15) is 4.79 Å². The van der Waals surface area contributed by atoms with Crippen LogP contribution in [-0.2, 0) is 11.2 Å². The summed E-state index contributed by atoms with van der Waals surface area (Å²) in [5.41, 5.74) is 2.23. The molecular weight excluding hydrogens is 370 g/mol. The van der Waals surface area contributed by atoms with E-state index in [1.807, 2.05) is 49.4 Å². The molecule has 128 valence electrons. The summed E-state index contributed by atoms with van der Waals surface area (Å²) < 4.78 is 11.6. The fourth-order valence-electron chi connectivity index (χ4n) is 2.29. The van der Waals surface area contributed by atoms with E-state index < -0.39 is 0 Å². The van der Waals surface area contributed by atoms with Crippen molar-refractivity contribution in [3.63, 3.8) is 0 Å². The topological polar surface area (TPSA) is 47.6 Å². The smallest absolute Gasteiger partial charge is 0.258 e. The zero-order valence-electron chi connectivity index (χ0n) is 14.1. The molecule has 1 atom stereocenters. The average Bonchev–Trinajstić information content (AvgIpc) is 2.60. The zero-order chi connectivity index (χ0) is 17.5. The first kappa shape index (κ1) is 18.3. The van der Waals surface area contributed by atoms with Gasteiger partial charge in [0.25, 0.3) is 5.91 Å². The van der Waals surface area contributed by atoms with E-state index in [2.05, 4.69) is 28.2 Å². The first-order valence-corrected chi connectivity index (χ1v) is 8.67. The summed E-state index contributed by atoms with van der Waals surface area (Å²) >= 11 is 3.45. The van der Waals surface area contributed by atoms with E-state index >= 15 is 0 Å². The second kappa shape index (κ2) is 8.73. The first-order chi connectivity index (χ1) is 11.5. The molecule has 2 rings (SSSR count). The summed E-state index contributed by atoms with van der Waals surface area (Å²) in [7, 11) is 1.62. The quantitative estimate of drug-likeness (QED) is 0.765. The summed E-state index contributed by atoms with van der Waals surface area (Å²) in [4.78, 5) is 12.1. The maximum Gasteiger partial charge on any atom is 0.258 e. The minimum atomic E-state index is -0.158. The van der Waals surface area contributed by atoms with Crippen molar-refractivity contribution in [2.24, 2.45) is 0 Å². The Balaban J connectivity index is 1.87. The molecule has 0 aliphatic carbocycles. The number of hydrogen-bond donors (Lipinski definition) is 1. The van der Waals surface area contributed by atoms with Crippen molar-refractivity contribution in [2.45, 2.75) is 26.3 Å². The van der Waals surface area contributed by atoms with E-state index in [0.29, 0.717) is 5.75 Å². The average molecular weight is 392 g/mol. The molecule has 0 radical (unpaired) electrons. The van der Waals surface area contributed by atoms with Crippen LogP contribution >= 0.6 is 15.9 Å². The third-order valence-electron chi connectivity index (χ3n) is 3.75. The highest BCUT2D eigenvalue weighted by molar-refractivity contribution is 9.10. The summed E-state index contributed by atoms with van der Waals surface area (Å²) in [5, 5.41) is 2.93. The maximum absolute atomic E-state index is 12.1. The minimum Gasteiger partial charge on any atom is -0.496 e. The molecule has 5 heteroatoms. The molecule has 1 N–H and O–H groups in total. The highest BCUT2D eigenvalue weighted by Gasteiger charge is 2.12. The van der Waals surface area contributed by atoms with Gasteiger partial charge in [0, 0.05) is 0 Å². The van der Waals surface area contributed by atoms with Crippen molar-refractivity contribution in [1.29, 1.82) is 0 Å². The summed E-state index contributed by atoms with van der Waals surface area (Å²) in [6, 6.07) is 13.4. The molecule has 0 aliphatic heterocycles. The van der Waals surface area contributed by atoms with Crippen LogP contribution < -0.4 is 14.8 Å². The largest absolute Gasteiger partial charge is 0.496 e. The minimum absolute atomic E-state index is 0.00681. The van der Waals surface area contributed by atoms with Gasteiger partial charge in [-0.2, -0.15) is 0 Å². The van der Waals surface area contributed by atoms with Gasteiger partial charge in [0.05, 0.1) is 17.6 Å². The molecule has 0 fully saturated rings. The Bertz CT molecular complexity index is 686. The fourth-order valence-corrected chi connectivity index (χ4v) is 2.85. The number of rotatable bonds is 7. The van der Waals surface area contributed by atoms with Gasteiger partial charge in [0.15, 0.2) is 6.61 Å². The Labute approximate surface area is 151 Å². The molecule has 2 aromatic rings. The van der Waals surface area contributed by atoms with Gasteiger partial charge in [-0.15, -0.1) is 0 Å². The second-order valence-electron chi connectivity index (χ2n) is 5.47. The van der Waals surface area contributed by atoms with Crippen molar-refractivity contribution in [3.05, 3.63) is 58.1 Å². The number of nitrogens with one attached hydrogen (secondary N) is 1. The lowest BCUT2D eigenvalue weighted by Crippen LogP contribution is -2.31. The molecule has 0 saturated heterocycles. The number of ether oxygens (including phenoxy) is 2. The van der Waals surface area contributed by atoms with Gasteiger partial charge in [-0.3, -0.25) is 4.79 Å². The van der Waals surface area contributed by atoms with Gasteiger partial charge in [-0.25, -0.2) is 0 Å². The SMILES string of the molecule is CCc1ccc(OCC(=O)N[C@@H](C)c2ccc(OC)c(Br)c2)cc1. The molecule has 0 saturated carbocycles. The lowest BCUT2D eigenvalue weighted by atomic mass is 10.1. The van der Waals surface area contributed by atoms with Gasteiger partial charge in [-0.1, -0.05) is 25.1 Å². The van der Waals surface area contributed by atoms with E-state index in [1.165, 1.54) is 5.56 Å². The molecule has 0 aliphatic rings. The van der Waals surface area contributed by atoms with E-state index in [4.69, 9.17) is 9.47 Å². The third kappa shape index (κ3) is 4.99. The van der Waals surface area contributed by atoms with Gasteiger partial charge in [0.1, 0.15) is 11.5 Å². The number of methoxy groups -OCH3 is 1. The Kier molecular flexibility index (Phi) is 6.67. The Morgan fingerprint density at radius 3 is 2.50 bits per heavy atom. The van der Waals surface area contributed by atoms with Crippen LogP contribution in [0, 0.1) is 0 Å². The molecule has 24 heavy (non-hydrogen) atoms. The van der Waals surface area contributed by atoms with Crippen LogP contribution in [-0.4, -0.2) is 19.6 Å². The number of aryl methyl sites for hydroxylation is 1. The Morgan fingerprint density at radius 1 is 1.21 bits per heavy atom. The third-order valence-corrected chi connectivity index (χ3v) is 4.37. The Hall–Kier alpha value is -2.01. The summed E-state index contributed by atoms with van der Waals surface area (Å²) in [6.07, 6.45) is 0.982. The molecule has 4 nitrogen and oxygen atoms in total. The number of amides is 1. The lowest BCUT2D eigenvalue weighted by molar-refractivity contribution is -0.123. The molecule has 0 bridgehead atoms. The molecule has 1 amide bonds. The van der Waals surface area contributed by atoms with Crippen molar-refractivity contribution in [3.8, 4) is 11.5 Å². The molecule has 0 unspecified atom stereocenters. The number of carbonyl (C=O) groups is 1. The van der Waals surface area contributed by atoms with E-state index in [-0.39, 0.29) is 18.6 Å². The number of carbonyl (C=O) groups excluding carboxylic acids is 1. The summed E-state index contributed by atoms with van der Waals surface area (Å²) in [5.74, 6) is 1.30. The Morgan fingerprint density at radius 2 is 1.92 bits per heavy atom. The van der Waals surface area contributed by atoms with Crippen molar-refractivity contribution < 1.29 is 14.3 Å². The first-order valence-electron chi connectivity index (χ1n) is 7.88. The highest BCUT2D eigenvalue weighted by atomic mass is 79.9. The highest BCUT2D eigenvalue weighted by Crippen LogP contribution is 2.27. The van der Waals surface area contributed by atoms with Gasteiger partial charge in [-0.05, 0) is 64.7 Å². The molecule has 2 aromatic carbocycles. The molecule has 0 aromatic heterocycles. The summed E-state index contributed by atoms with van der Waals surface area (Å²) in [6.45, 7) is 4.03. The van der Waals surface area contributed by atoms with Crippen LogP contribution in [0.15, 0.2) is 46.9 Å². The van der Waals surface area contributed by atoms with Crippen LogP contribution in [0.25, 0.3) is 0 Å². The van der Waals surface area contributed by atoms with Crippen LogP contribution in [0.4, 0.5) is 0 Å². The predicted octanol–water partition coefficient (Wildman–Crippen LogP) is 4.28. The number of hydrogen-bond acceptors (Lipinski definition) is 3. The molecule has 0 heterocycles. The van der Waals surface area contributed by atoms with Gasteiger partial charge < -0.3 is 14.8 Å². The van der Waals surface area contributed by atoms with Crippen molar-refractivity contribution in [1.82, 2.24) is 5.32 Å². The van der Waals surface area contributed by atoms with Gasteiger partial charge >= 0.3 is 0 Å². The standard InChI is InChI=1S/C19H22BrNO3/c1-4-14-5-8-16(9-6-14)24-12-19(22)21-13(2)15-7-10-18(23-3)17(20)11-15/h5-11,13H,4,12H2,1-3H3,(H,21,22)/t13-/m0/s1. The number of benzene rings is 2. The van der Waals surface area contributed by atoms with E-state index in [0.717, 1.165) is 22.2 Å². The molecular formula is C19H22BrNO3. The second-order valence-corrected chi connectivity index (χ2v) is 6.32. The van der Waals surface area contributed by atoms with E-state index in [1.54, 1.807) is 7.11 Å². The predicted molar refractivity (Wildman–Crippen MR) is 98.6 cm³/mol. The lowest BCUT2D eigenvalue weighted by Gasteiger charge is -2.16. The van der Waals surface area contributed by atoms with Crippen LogP contribution in [0.2, 0.25) is 0 Å². The monoisotopic (exact) mass is 391 g/mol. The fraction of sp³-hybridized carbons (Fsp3) is 0.316. The normalized spacial score (nSPS) is 11.7. The van der Waals surface area contributed by atoms with Crippen LogP contribution in [0.3, 0.4) is 0 Å². The maximum atomic E-state index is 12.1. The zero-order valence-corrected chi connectivity index (χ0v) is 15.7. The van der Waals surface area contributed by atoms with Crippen LogP contribution in [0.5, 0.6) is 11.5 Å². The number of halogens is 1. The van der Waals surface area contributed by atoms with Gasteiger partial charge in [0.2, 0.25) is 0 Å². The van der Waals surface area contributed by atoms with Crippen LogP contribution in [0.1, 0.15) is 31.0 Å².